The van der Waals surface area contributed by atoms with Gasteiger partial charge in [0.1, 0.15) is 0 Å². The van der Waals surface area contributed by atoms with Gasteiger partial charge in [0.15, 0.2) is 6.21 Å². The summed E-state index contributed by atoms with van der Waals surface area (Å²) in [5.74, 6) is 0. The molecule has 0 aliphatic rings. The number of rotatable bonds is 3. The first-order valence-electron chi connectivity index (χ1n) is 5.90. The fourth-order valence-corrected chi connectivity index (χ4v) is 1.92. The molecular formula is C15H15BrN2O. The number of halogens is 1. The van der Waals surface area contributed by atoms with Gasteiger partial charge in [0.25, 0.3) is 0 Å². The molecule has 4 heteroatoms. The Morgan fingerprint density at radius 1 is 1.00 bits per heavy atom. The van der Waals surface area contributed by atoms with Crippen molar-refractivity contribution in [3.63, 3.8) is 0 Å². The molecule has 0 saturated heterocycles. The quantitative estimate of drug-likeness (QED) is 0.373. The van der Waals surface area contributed by atoms with Crippen LogP contribution in [-0.4, -0.2) is 25.0 Å². The third-order valence-electron chi connectivity index (χ3n) is 2.76. The van der Waals surface area contributed by atoms with Crippen LogP contribution in [0.2, 0.25) is 0 Å². The molecule has 19 heavy (non-hydrogen) atoms. The van der Waals surface area contributed by atoms with Gasteiger partial charge in [-0.2, -0.15) is 4.74 Å². The molecule has 0 N–H and O–H groups in total. The zero-order chi connectivity index (χ0) is 13.8. The van der Waals surface area contributed by atoms with E-state index in [1.807, 2.05) is 55.4 Å². The third-order valence-corrected chi connectivity index (χ3v) is 3.29. The van der Waals surface area contributed by atoms with E-state index >= 15 is 0 Å². The van der Waals surface area contributed by atoms with Gasteiger partial charge in [-0.05, 0) is 36.4 Å². The molecule has 2 aromatic carbocycles. The lowest BCUT2D eigenvalue weighted by Crippen LogP contribution is -2.08. The monoisotopic (exact) mass is 318 g/mol. The smallest absolute Gasteiger partial charge is 0.216 e. The van der Waals surface area contributed by atoms with Crippen molar-refractivity contribution in [3.8, 4) is 0 Å². The highest BCUT2D eigenvalue weighted by Crippen LogP contribution is 2.17. The molecule has 0 atom stereocenters. The summed E-state index contributed by atoms with van der Waals surface area (Å²) in [7, 11) is 3.97. The predicted octanol–water partition coefficient (Wildman–Crippen LogP) is 3.78. The normalized spacial score (nSPS) is 11.4. The molecule has 0 spiro atoms. The van der Waals surface area contributed by atoms with Gasteiger partial charge < -0.3 is 10.1 Å². The maximum atomic E-state index is 12.0. The molecular weight excluding hydrogens is 304 g/mol. The Balaban J connectivity index is 2.22. The Bertz CT molecular complexity index is 574. The van der Waals surface area contributed by atoms with Gasteiger partial charge in [-0.1, -0.05) is 15.9 Å². The maximum Gasteiger partial charge on any atom is 0.216 e. The highest BCUT2D eigenvalue weighted by molar-refractivity contribution is 9.10. The molecule has 0 heterocycles. The van der Waals surface area contributed by atoms with Crippen molar-refractivity contribution < 1.29 is 4.74 Å². The van der Waals surface area contributed by atoms with E-state index in [2.05, 4.69) is 15.9 Å². The molecule has 0 amide bonds. The highest BCUT2D eigenvalue weighted by atomic mass is 79.9. The fourth-order valence-electron chi connectivity index (χ4n) is 1.66. The van der Waals surface area contributed by atoms with Crippen LogP contribution < -0.4 is 4.90 Å². The maximum absolute atomic E-state index is 12.0. The van der Waals surface area contributed by atoms with E-state index in [-0.39, 0.29) is 0 Å². The minimum absolute atomic E-state index is 0.611. The van der Waals surface area contributed by atoms with Crippen molar-refractivity contribution in [2.75, 3.05) is 19.0 Å². The first-order valence-corrected chi connectivity index (χ1v) is 6.70. The first kappa shape index (κ1) is 13.6. The van der Waals surface area contributed by atoms with Gasteiger partial charge in [0, 0.05) is 42.0 Å². The lowest BCUT2D eigenvalue weighted by atomic mass is 10.2. The van der Waals surface area contributed by atoms with Crippen molar-refractivity contribution in [2.45, 2.75) is 0 Å². The van der Waals surface area contributed by atoms with Crippen molar-refractivity contribution in [2.24, 2.45) is 0 Å². The fraction of sp³-hybridized carbons (Fsp3) is 0.133. The Morgan fingerprint density at radius 2 is 1.58 bits per heavy atom. The van der Waals surface area contributed by atoms with Gasteiger partial charge in [-0.3, -0.25) is 0 Å². The van der Waals surface area contributed by atoms with E-state index in [1.54, 1.807) is 18.3 Å². The number of benzene rings is 2. The molecule has 0 fully saturated rings. The Kier molecular flexibility index (Phi) is 4.22. The van der Waals surface area contributed by atoms with Crippen LogP contribution in [0.3, 0.4) is 0 Å². The molecule has 0 aliphatic carbocycles. The van der Waals surface area contributed by atoms with E-state index in [4.69, 9.17) is 0 Å². The third kappa shape index (κ3) is 3.58. The number of anilines is 1. The summed E-state index contributed by atoms with van der Waals surface area (Å²) in [5, 5.41) is 12.0. The van der Waals surface area contributed by atoms with Gasteiger partial charge >= 0.3 is 0 Å². The SMILES string of the molecule is CN(C)c1ccc(/C=[N+](\[O-])c2ccc(Br)cc2)cc1. The second-order valence-electron chi connectivity index (χ2n) is 4.42. The summed E-state index contributed by atoms with van der Waals surface area (Å²) >= 11 is 3.35. The van der Waals surface area contributed by atoms with E-state index < -0.39 is 0 Å². The molecule has 0 unspecified atom stereocenters. The largest absolute Gasteiger partial charge is 0.618 e. The van der Waals surface area contributed by atoms with Gasteiger partial charge in [0.05, 0.1) is 0 Å². The van der Waals surface area contributed by atoms with Crippen molar-refractivity contribution >= 4 is 33.5 Å². The van der Waals surface area contributed by atoms with Crippen molar-refractivity contribution in [3.05, 3.63) is 63.8 Å². The van der Waals surface area contributed by atoms with E-state index in [0.717, 1.165) is 20.5 Å². The summed E-state index contributed by atoms with van der Waals surface area (Å²) in [4.78, 5) is 2.02. The standard InChI is InChI=1S/C15H15BrN2O/c1-17(2)14-7-3-12(4-8-14)11-18(19)15-9-5-13(16)6-10-15/h3-11H,1-2H3/b18-11-. The zero-order valence-electron chi connectivity index (χ0n) is 10.9. The molecule has 0 aromatic heterocycles. The summed E-state index contributed by atoms with van der Waals surface area (Å²) in [5.41, 5.74) is 2.60. The molecule has 0 aliphatic heterocycles. The van der Waals surface area contributed by atoms with Gasteiger partial charge in [-0.25, -0.2) is 0 Å². The number of hydrogen-bond acceptors (Lipinski definition) is 2. The second-order valence-corrected chi connectivity index (χ2v) is 5.33. The molecule has 0 saturated carbocycles. The lowest BCUT2D eigenvalue weighted by Gasteiger charge is -2.11. The van der Waals surface area contributed by atoms with Crippen LogP contribution in [0.15, 0.2) is 53.0 Å². The van der Waals surface area contributed by atoms with E-state index in [9.17, 15) is 5.21 Å². The van der Waals surface area contributed by atoms with Crippen LogP contribution in [0.4, 0.5) is 11.4 Å². The van der Waals surface area contributed by atoms with Crippen LogP contribution in [0, 0.1) is 5.21 Å². The van der Waals surface area contributed by atoms with Gasteiger partial charge in [0.2, 0.25) is 5.69 Å². The molecule has 2 rings (SSSR count). The van der Waals surface area contributed by atoms with E-state index in [1.165, 1.54) is 0 Å². The van der Waals surface area contributed by atoms with Gasteiger partial charge in [-0.15, -0.1) is 0 Å². The molecule has 3 nitrogen and oxygen atoms in total. The Morgan fingerprint density at radius 3 is 2.11 bits per heavy atom. The zero-order valence-corrected chi connectivity index (χ0v) is 12.5. The van der Waals surface area contributed by atoms with Crippen LogP contribution in [0.25, 0.3) is 0 Å². The molecule has 0 bridgehead atoms. The lowest BCUT2D eigenvalue weighted by molar-refractivity contribution is -0.354. The second kappa shape index (κ2) is 5.89. The van der Waals surface area contributed by atoms with E-state index in [0.29, 0.717) is 5.69 Å². The van der Waals surface area contributed by atoms with Crippen LogP contribution in [0.1, 0.15) is 5.56 Å². The van der Waals surface area contributed by atoms with Crippen LogP contribution in [-0.2, 0) is 0 Å². The first-order chi connectivity index (χ1) is 9.06. The minimum atomic E-state index is 0.611. The Labute approximate surface area is 121 Å². The summed E-state index contributed by atoms with van der Waals surface area (Å²) < 4.78 is 1.83. The van der Waals surface area contributed by atoms with Crippen molar-refractivity contribution in [1.82, 2.24) is 0 Å². The van der Waals surface area contributed by atoms with Crippen LogP contribution >= 0.6 is 15.9 Å². The summed E-state index contributed by atoms with van der Waals surface area (Å²) in [6.07, 6.45) is 1.57. The minimum Gasteiger partial charge on any atom is -0.618 e. The molecule has 2 aromatic rings. The predicted molar refractivity (Wildman–Crippen MR) is 83.4 cm³/mol. The Hall–Kier alpha value is -1.81. The summed E-state index contributed by atoms with van der Waals surface area (Å²) in [6.45, 7) is 0. The number of nitrogens with zero attached hydrogens (tertiary/aromatic N) is 2. The highest BCUT2D eigenvalue weighted by Gasteiger charge is 2.02. The van der Waals surface area contributed by atoms with Crippen LogP contribution in [0.5, 0.6) is 0 Å². The molecule has 98 valence electrons. The molecule has 0 radical (unpaired) electrons. The topological polar surface area (TPSA) is 29.3 Å². The summed E-state index contributed by atoms with van der Waals surface area (Å²) in [6, 6.07) is 15.1. The van der Waals surface area contributed by atoms with Crippen molar-refractivity contribution in [1.29, 1.82) is 0 Å². The average molecular weight is 319 g/mol. The number of hydrogen-bond donors (Lipinski definition) is 0. The average Bonchev–Trinajstić information content (AvgIpc) is 2.40.